The predicted octanol–water partition coefficient (Wildman–Crippen LogP) is 3.30. The normalized spacial score (nSPS) is 14.4. The van der Waals surface area contributed by atoms with E-state index in [1.165, 1.54) is 12.8 Å². The van der Waals surface area contributed by atoms with Crippen LogP contribution in [-0.2, 0) is 13.5 Å². The minimum atomic E-state index is 0.610. The van der Waals surface area contributed by atoms with Gasteiger partial charge in [-0.3, -0.25) is 4.98 Å². The standard InChI is InChI=1S/C18H20N4O/c1-11-8-13(6-7-19-11)14-10-15-17(21-18(14)23-3)20-16(22(15)2)9-12-4-5-12/h6-8,10,12H,4-5,9H2,1-3H3. The lowest BCUT2D eigenvalue weighted by molar-refractivity contribution is 0.401. The van der Waals surface area contributed by atoms with E-state index in [1.807, 2.05) is 25.3 Å². The summed E-state index contributed by atoms with van der Waals surface area (Å²) in [5.74, 6) is 2.52. The minimum absolute atomic E-state index is 0.610. The lowest BCUT2D eigenvalue weighted by Gasteiger charge is -2.09. The molecule has 1 aliphatic rings. The average molecular weight is 308 g/mol. The monoisotopic (exact) mass is 308 g/mol. The number of rotatable bonds is 4. The van der Waals surface area contributed by atoms with Gasteiger partial charge in [0.15, 0.2) is 5.65 Å². The third kappa shape index (κ3) is 2.56. The van der Waals surface area contributed by atoms with Crippen molar-refractivity contribution in [1.29, 1.82) is 0 Å². The molecule has 3 aromatic heterocycles. The van der Waals surface area contributed by atoms with E-state index in [0.717, 1.165) is 46.1 Å². The quantitative estimate of drug-likeness (QED) is 0.742. The second-order valence-corrected chi connectivity index (χ2v) is 6.31. The number of aromatic nitrogens is 4. The van der Waals surface area contributed by atoms with Gasteiger partial charge in [0.1, 0.15) is 5.82 Å². The van der Waals surface area contributed by atoms with Crippen molar-refractivity contribution in [3.8, 4) is 17.0 Å². The Bertz CT molecular complexity index is 880. The van der Waals surface area contributed by atoms with Gasteiger partial charge in [0, 0.05) is 30.9 Å². The Balaban J connectivity index is 1.87. The van der Waals surface area contributed by atoms with Crippen LogP contribution < -0.4 is 4.74 Å². The smallest absolute Gasteiger partial charge is 0.223 e. The Morgan fingerprint density at radius 2 is 2.09 bits per heavy atom. The van der Waals surface area contributed by atoms with E-state index in [1.54, 1.807) is 7.11 Å². The number of imidazole rings is 1. The van der Waals surface area contributed by atoms with Gasteiger partial charge in [-0.2, -0.15) is 4.98 Å². The van der Waals surface area contributed by atoms with Crippen molar-refractivity contribution in [2.75, 3.05) is 7.11 Å². The number of fused-ring (bicyclic) bond motifs is 1. The van der Waals surface area contributed by atoms with E-state index in [-0.39, 0.29) is 0 Å². The van der Waals surface area contributed by atoms with Crippen LogP contribution in [-0.4, -0.2) is 26.6 Å². The summed E-state index contributed by atoms with van der Waals surface area (Å²) in [5.41, 5.74) is 4.82. The predicted molar refractivity (Wildman–Crippen MR) is 89.5 cm³/mol. The highest BCUT2D eigenvalue weighted by molar-refractivity contribution is 5.82. The fourth-order valence-corrected chi connectivity index (χ4v) is 2.98. The van der Waals surface area contributed by atoms with E-state index >= 15 is 0 Å². The molecule has 5 heteroatoms. The SMILES string of the molecule is COc1nc2nc(CC3CC3)n(C)c2cc1-c1ccnc(C)c1. The molecular formula is C18H20N4O. The fraction of sp³-hybridized carbons (Fsp3) is 0.389. The van der Waals surface area contributed by atoms with Crippen LogP contribution in [0.4, 0.5) is 0 Å². The van der Waals surface area contributed by atoms with Gasteiger partial charge in [-0.25, -0.2) is 4.98 Å². The maximum absolute atomic E-state index is 5.51. The topological polar surface area (TPSA) is 52.8 Å². The Kier molecular flexibility index (Phi) is 3.29. The first-order valence-electron chi connectivity index (χ1n) is 7.99. The van der Waals surface area contributed by atoms with Gasteiger partial charge >= 0.3 is 0 Å². The Morgan fingerprint density at radius 3 is 2.78 bits per heavy atom. The molecule has 23 heavy (non-hydrogen) atoms. The van der Waals surface area contributed by atoms with E-state index < -0.39 is 0 Å². The maximum Gasteiger partial charge on any atom is 0.223 e. The second-order valence-electron chi connectivity index (χ2n) is 6.31. The zero-order valence-electron chi connectivity index (χ0n) is 13.7. The molecule has 1 fully saturated rings. The van der Waals surface area contributed by atoms with Crippen molar-refractivity contribution in [3.05, 3.63) is 35.9 Å². The highest BCUT2D eigenvalue weighted by Gasteiger charge is 2.25. The molecule has 0 atom stereocenters. The molecule has 0 aliphatic heterocycles. The third-order valence-electron chi connectivity index (χ3n) is 4.50. The van der Waals surface area contributed by atoms with Crippen LogP contribution in [0.25, 0.3) is 22.3 Å². The highest BCUT2D eigenvalue weighted by atomic mass is 16.5. The molecule has 0 aromatic carbocycles. The molecule has 0 saturated heterocycles. The van der Waals surface area contributed by atoms with Gasteiger partial charge in [-0.15, -0.1) is 0 Å². The summed E-state index contributed by atoms with van der Waals surface area (Å²) in [6.07, 6.45) is 5.50. The van der Waals surface area contributed by atoms with Crippen molar-refractivity contribution in [1.82, 2.24) is 19.5 Å². The number of methoxy groups -OCH3 is 1. The Morgan fingerprint density at radius 1 is 1.26 bits per heavy atom. The number of pyridine rings is 2. The zero-order valence-corrected chi connectivity index (χ0v) is 13.7. The largest absolute Gasteiger partial charge is 0.480 e. The number of hydrogen-bond donors (Lipinski definition) is 0. The summed E-state index contributed by atoms with van der Waals surface area (Å²) in [7, 11) is 3.72. The molecule has 4 rings (SSSR count). The van der Waals surface area contributed by atoms with Gasteiger partial charge in [0.25, 0.3) is 0 Å². The molecular weight excluding hydrogens is 288 g/mol. The minimum Gasteiger partial charge on any atom is -0.480 e. The first kappa shape index (κ1) is 14.2. The van der Waals surface area contributed by atoms with Crippen molar-refractivity contribution in [3.63, 3.8) is 0 Å². The molecule has 3 aromatic rings. The summed E-state index contributed by atoms with van der Waals surface area (Å²) >= 11 is 0. The van der Waals surface area contributed by atoms with Crippen molar-refractivity contribution in [2.24, 2.45) is 13.0 Å². The third-order valence-corrected chi connectivity index (χ3v) is 4.50. The zero-order chi connectivity index (χ0) is 16.0. The van der Waals surface area contributed by atoms with Crippen molar-refractivity contribution in [2.45, 2.75) is 26.2 Å². The van der Waals surface area contributed by atoms with Gasteiger partial charge < -0.3 is 9.30 Å². The molecule has 0 amide bonds. The maximum atomic E-state index is 5.51. The van der Waals surface area contributed by atoms with E-state index in [4.69, 9.17) is 9.72 Å². The lowest BCUT2D eigenvalue weighted by atomic mass is 10.1. The first-order chi connectivity index (χ1) is 11.2. The van der Waals surface area contributed by atoms with E-state index in [9.17, 15) is 0 Å². The molecule has 0 N–H and O–H groups in total. The van der Waals surface area contributed by atoms with Crippen LogP contribution in [0.3, 0.4) is 0 Å². The van der Waals surface area contributed by atoms with Crippen LogP contribution in [0.1, 0.15) is 24.4 Å². The van der Waals surface area contributed by atoms with Crippen LogP contribution in [0, 0.1) is 12.8 Å². The van der Waals surface area contributed by atoms with Gasteiger partial charge in [-0.1, -0.05) is 0 Å². The Labute approximate surface area is 135 Å². The number of ether oxygens (including phenoxy) is 1. The average Bonchev–Trinajstić information content (AvgIpc) is 3.31. The summed E-state index contributed by atoms with van der Waals surface area (Å²) in [6, 6.07) is 6.16. The molecule has 1 saturated carbocycles. The molecule has 0 bridgehead atoms. The summed E-state index contributed by atoms with van der Waals surface area (Å²) in [6.45, 7) is 1.99. The lowest BCUT2D eigenvalue weighted by Crippen LogP contribution is -1.99. The van der Waals surface area contributed by atoms with E-state index in [2.05, 4.69) is 27.6 Å². The summed E-state index contributed by atoms with van der Waals surface area (Å²) < 4.78 is 7.67. The van der Waals surface area contributed by atoms with Gasteiger partial charge in [0.2, 0.25) is 5.88 Å². The van der Waals surface area contributed by atoms with Gasteiger partial charge in [-0.05, 0) is 49.4 Å². The van der Waals surface area contributed by atoms with Crippen LogP contribution in [0.2, 0.25) is 0 Å². The first-order valence-corrected chi connectivity index (χ1v) is 7.99. The molecule has 0 radical (unpaired) electrons. The summed E-state index contributed by atoms with van der Waals surface area (Å²) in [4.78, 5) is 13.6. The van der Waals surface area contributed by atoms with Crippen LogP contribution >= 0.6 is 0 Å². The summed E-state index contributed by atoms with van der Waals surface area (Å²) in [5, 5.41) is 0. The number of nitrogens with zero attached hydrogens (tertiary/aromatic N) is 4. The molecule has 118 valence electrons. The van der Waals surface area contributed by atoms with Crippen molar-refractivity contribution < 1.29 is 4.74 Å². The fourth-order valence-electron chi connectivity index (χ4n) is 2.98. The van der Waals surface area contributed by atoms with Crippen LogP contribution in [0.15, 0.2) is 24.4 Å². The number of aryl methyl sites for hydroxylation is 2. The van der Waals surface area contributed by atoms with Crippen LogP contribution in [0.5, 0.6) is 5.88 Å². The molecule has 1 aliphatic carbocycles. The van der Waals surface area contributed by atoms with Gasteiger partial charge in [0.05, 0.1) is 12.6 Å². The number of hydrogen-bond acceptors (Lipinski definition) is 4. The molecule has 3 heterocycles. The highest BCUT2D eigenvalue weighted by Crippen LogP contribution is 2.35. The Hall–Kier alpha value is -2.43. The second kappa shape index (κ2) is 5.33. The molecule has 5 nitrogen and oxygen atoms in total. The van der Waals surface area contributed by atoms with Crippen molar-refractivity contribution >= 4 is 11.2 Å². The van der Waals surface area contributed by atoms with E-state index in [0.29, 0.717) is 5.88 Å². The molecule has 0 unspecified atom stereocenters. The molecule has 0 spiro atoms.